The van der Waals surface area contributed by atoms with E-state index in [9.17, 15) is 9.59 Å². The van der Waals surface area contributed by atoms with Gasteiger partial charge in [0.1, 0.15) is 11.9 Å². The van der Waals surface area contributed by atoms with Gasteiger partial charge in [0, 0.05) is 18.3 Å². The molecule has 0 aromatic rings. The SMILES string of the molecule is CC(=O)O[C@H]1CC[C@@H]2[C@@H]3CC[C@@H]4C[C@@H](C(C)=O)CC[C@@]4(C)[C@H]3CC[C@@]12C. The maximum absolute atomic E-state index is 11.9. The van der Waals surface area contributed by atoms with E-state index in [4.69, 9.17) is 4.74 Å². The fourth-order valence-corrected chi connectivity index (χ4v) is 7.97. The lowest BCUT2D eigenvalue weighted by molar-refractivity contribution is -0.162. The molecule has 0 aromatic carbocycles. The van der Waals surface area contributed by atoms with Crippen LogP contribution in [0.3, 0.4) is 0 Å². The summed E-state index contributed by atoms with van der Waals surface area (Å²) < 4.78 is 5.76. The number of ketones is 1. The van der Waals surface area contributed by atoms with Crippen LogP contribution >= 0.6 is 0 Å². The second kappa shape index (κ2) is 6.34. The Balaban J connectivity index is 1.55. The Hall–Kier alpha value is -0.860. The standard InChI is InChI=1S/C23H36O3/c1-14(24)16-9-11-22(3)17(13-16)5-6-18-19-7-8-21(26-15(2)25)23(19,4)12-10-20(18)22/h16-21H,5-13H2,1-4H3/t16-,17+,18-,19+,20-,21-,22+,23+/m0/s1. The topological polar surface area (TPSA) is 43.4 Å². The third-order valence-corrected chi connectivity index (χ3v) is 9.46. The Kier molecular flexibility index (Phi) is 4.51. The van der Waals surface area contributed by atoms with Crippen molar-refractivity contribution in [3.63, 3.8) is 0 Å². The lowest BCUT2D eigenvalue weighted by atomic mass is 9.44. The molecule has 8 atom stereocenters. The van der Waals surface area contributed by atoms with Crippen molar-refractivity contribution >= 4 is 11.8 Å². The summed E-state index contributed by atoms with van der Waals surface area (Å²) >= 11 is 0. The van der Waals surface area contributed by atoms with Crippen LogP contribution in [0.15, 0.2) is 0 Å². The van der Waals surface area contributed by atoms with Crippen LogP contribution in [0.25, 0.3) is 0 Å². The highest BCUT2D eigenvalue weighted by Gasteiger charge is 2.61. The maximum atomic E-state index is 11.9. The van der Waals surface area contributed by atoms with Crippen molar-refractivity contribution in [1.29, 1.82) is 0 Å². The number of hydrogen-bond acceptors (Lipinski definition) is 3. The first kappa shape index (κ1) is 18.5. The molecule has 0 aromatic heterocycles. The van der Waals surface area contributed by atoms with Gasteiger partial charge >= 0.3 is 5.97 Å². The molecule has 0 unspecified atom stereocenters. The highest BCUT2D eigenvalue weighted by atomic mass is 16.5. The molecule has 0 N–H and O–H groups in total. The van der Waals surface area contributed by atoms with Gasteiger partial charge in [0.25, 0.3) is 0 Å². The van der Waals surface area contributed by atoms with E-state index in [-0.39, 0.29) is 17.5 Å². The van der Waals surface area contributed by atoms with Gasteiger partial charge in [-0.15, -0.1) is 0 Å². The van der Waals surface area contributed by atoms with Crippen molar-refractivity contribution < 1.29 is 14.3 Å². The smallest absolute Gasteiger partial charge is 0.302 e. The van der Waals surface area contributed by atoms with Gasteiger partial charge in [-0.05, 0) is 93.8 Å². The lowest BCUT2D eigenvalue weighted by Gasteiger charge is -2.60. The van der Waals surface area contributed by atoms with Gasteiger partial charge < -0.3 is 4.74 Å². The van der Waals surface area contributed by atoms with Gasteiger partial charge in [0.05, 0.1) is 0 Å². The van der Waals surface area contributed by atoms with Gasteiger partial charge in [0.15, 0.2) is 0 Å². The van der Waals surface area contributed by atoms with E-state index in [0.29, 0.717) is 23.0 Å². The van der Waals surface area contributed by atoms with E-state index in [2.05, 4.69) is 13.8 Å². The first-order valence-corrected chi connectivity index (χ1v) is 10.9. The molecule has 0 aliphatic heterocycles. The van der Waals surface area contributed by atoms with Crippen molar-refractivity contribution in [2.24, 2.45) is 40.4 Å². The molecule has 4 aliphatic carbocycles. The summed E-state index contributed by atoms with van der Waals surface area (Å²) in [5.41, 5.74) is 0.613. The Bertz CT molecular complexity index is 598. The normalized spacial score (nSPS) is 50.3. The summed E-state index contributed by atoms with van der Waals surface area (Å²) in [5, 5.41) is 0. The summed E-state index contributed by atoms with van der Waals surface area (Å²) in [6.07, 6.45) is 11.0. The zero-order valence-electron chi connectivity index (χ0n) is 17.1. The van der Waals surface area contributed by atoms with E-state index < -0.39 is 0 Å². The molecule has 0 amide bonds. The van der Waals surface area contributed by atoms with E-state index in [1.165, 1.54) is 38.5 Å². The van der Waals surface area contributed by atoms with Crippen LogP contribution in [0.1, 0.15) is 85.5 Å². The van der Waals surface area contributed by atoms with E-state index in [0.717, 1.165) is 37.0 Å². The summed E-state index contributed by atoms with van der Waals surface area (Å²) in [6, 6.07) is 0. The van der Waals surface area contributed by atoms with Crippen LogP contribution in [-0.4, -0.2) is 17.9 Å². The van der Waals surface area contributed by atoms with Crippen molar-refractivity contribution in [3.8, 4) is 0 Å². The zero-order valence-corrected chi connectivity index (χ0v) is 17.1. The van der Waals surface area contributed by atoms with Gasteiger partial charge in [-0.1, -0.05) is 13.8 Å². The number of rotatable bonds is 2. The minimum absolute atomic E-state index is 0.114. The van der Waals surface area contributed by atoms with Gasteiger partial charge in [-0.2, -0.15) is 0 Å². The average Bonchev–Trinajstić information content (AvgIpc) is 2.90. The molecular weight excluding hydrogens is 324 g/mol. The molecule has 26 heavy (non-hydrogen) atoms. The largest absolute Gasteiger partial charge is 0.462 e. The second-order valence-electron chi connectivity index (χ2n) is 10.5. The molecule has 4 rings (SSSR count). The van der Waals surface area contributed by atoms with Gasteiger partial charge in [0.2, 0.25) is 0 Å². The third kappa shape index (κ3) is 2.67. The molecular formula is C23H36O3. The van der Waals surface area contributed by atoms with Gasteiger partial charge in [-0.25, -0.2) is 0 Å². The van der Waals surface area contributed by atoms with Crippen LogP contribution in [0.5, 0.6) is 0 Å². The number of hydrogen-bond donors (Lipinski definition) is 0. The first-order chi connectivity index (χ1) is 12.3. The Morgan fingerprint density at radius 1 is 0.846 bits per heavy atom. The molecule has 0 radical (unpaired) electrons. The molecule has 0 spiro atoms. The highest BCUT2D eigenvalue weighted by Crippen LogP contribution is 2.66. The molecule has 3 nitrogen and oxygen atoms in total. The Labute approximate surface area is 158 Å². The van der Waals surface area contributed by atoms with Crippen LogP contribution in [-0.2, 0) is 14.3 Å². The van der Waals surface area contributed by atoms with Crippen LogP contribution in [0, 0.1) is 40.4 Å². The minimum atomic E-state index is -0.114. The van der Waals surface area contributed by atoms with Crippen molar-refractivity contribution in [3.05, 3.63) is 0 Å². The molecule has 4 aliphatic rings. The molecule has 4 saturated carbocycles. The lowest BCUT2D eigenvalue weighted by Crippen LogP contribution is -2.54. The van der Waals surface area contributed by atoms with Crippen molar-refractivity contribution in [2.75, 3.05) is 0 Å². The predicted octanol–water partition coefficient (Wildman–Crippen LogP) is 5.17. The highest BCUT2D eigenvalue weighted by molar-refractivity contribution is 5.78. The van der Waals surface area contributed by atoms with Crippen molar-refractivity contribution in [1.82, 2.24) is 0 Å². The summed E-state index contributed by atoms with van der Waals surface area (Å²) in [7, 11) is 0. The number of esters is 1. The van der Waals surface area contributed by atoms with Gasteiger partial charge in [-0.3, -0.25) is 9.59 Å². The molecule has 4 fully saturated rings. The fourth-order valence-electron chi connectivity index (χ4n) is 7.97. The zero-order chi connectivity index (χ0) is 18.7. The number of fused-ring (bicyclic) bond motifs is 5. The van der Waals surface area contributed by atoms with Crippen LogP contribution in [0.2, 0.25) is 0 Å². The summed E-state index contributed by atoms with van der Waals surface area (Å²) in [5.74, 6) is 3.67. The molecule has 0 bridgehead atoms. The van der Waals surface area contributed by atoms with Crippen LogP contribution < -0.4 is 0 Å². The molecule has 3 heteroatoms. The quantitative estimate of drug-likeness (QED) is 0.638. The Morgan fingerprint density at radius 3 is 2.23 bits per heavy atom. The minimum Gasteiger partial charge on any atom is -0.462 e. The number of Topliss-reactive ketones (excluding diaryl/α,β-unsaturated/α-hetero) is 1. The average molecular weight is 361 g/mol. The van der Waals surface area contributed by atoms with Crippen LogP contribution in [0.4, 0.5) is 0 Å². The van der Waals surface area contributed by atoms with E-state index in [1.54, 1.807) is 13.8 Å². The molecule has 0 heterocycles. The predicted molar refractivity (Wildman–Crippen MR) is 101 cm³/mol. The first-order valence-electron chi connectivity index (χ1n) is 10.9. The number of ether oxygens (including phenoxy) is 1. The number of carbonyl (C=O) groups excluding carboxylic acids is 2. The Morgan fingerprint density at radius 2 is 1.54 bits per heavy atom. The summed E-state index contributed by atoms with van der Waals surface area (Å²) in [4.78, 5) is 23.5. The molecule has 146 valence electrons. The molecule has 0 saturated heterocycles. The maximum Gasteiger partial charge on any atom is 0.302 e. The monoisotopic (exact) mass is 360 g/mol. The third-order valence-electron chi connectivity index (χ3n) is 9.46. The number of carbonyl (C=O) groups is 2. The van der Waals surface area contributed by atoms with E-state index >= 15 is 0 Å². The fraction of sp³-hybridized carbons (Fsp3) is 0.913. The summed E-state index contributed by atoms with van der Waals surface area (Å²) in [6.45, 7) is 8.29. The van der Waals surface area contributed by atoms with E-state index in [1.807, 2.05) is 0 Å². The second-order valence-corrected chi connectivity index (χ2v) is 10.5. The van der Waals surface area contributed by atoms with Crippen molar-refractivity contribution in [2.45, 2.75) is 91.6 Å².